The molecule has 0 saturated carbocycles. The second-order valence-electron chi connectivity index (χ2n) is 5.14. The molecule has 4 rings (SSSR count). The van der Waals surface area contributed by atoms with E-state index in [0.717, 1.165) is 44.3 Å². The molecule has 2 aliphatic rings. The smallest absolute Gasteiger partial charge is 0.132 e. The van der Waals surface area contributed by atoms with Crippen molar-refractivity contribution in [3.05, 3.63) is 53.6 Å². The quantitative estimate of drug-likeness (QED) is 0.498. The molecule has 2 aromatic rings. The van der Waals surface area contributed by atoms with Crippen LogP contribution in [0.4, 0.5) is 11.5 Å². The predicted molar refractivity (Wildman–Crippen MR) is 90.6 cm³/mol. The Morgan fingerprint density at radius 1 is 1.00 bits per heavy atom. The second kappa shape index (κ2) is 5.00. The number of hydrogen-bond donors (Lipinski definition) is 3. The van der Waals surface area contributed by atoms with E-state index in [4.69, 9.17) is 16.3 Å². The molecular formula is C17H14ClN3O. The molecule has 0 atom stereocenters. The van der Waals surface area contributed by atoms with Crippen LogP contribution in [0.1, 0.15) is 0 Å². The number of fused-ring (bicyclic) bond motifs is 3. The van der Waals surface area contributed by atoms with Gasteiger partial charge >= 0.3 is 0 Å². The molecule has 1 aliphatic carbocycles. The summed E-state index contributed by atoms with van der Waals surface area (Å²) in [5.74, 6) is 1.76. The first-order valence-electron chi connectivity index (χ1n) is 6.94. The maximum atomic E-state index is 6.07. The summed E-state index contributed by atoms with van der Waals surface area (Å²) in [4.78, 5) is 0. The molecular weight excluding hydrogens is 298 g/mol. The highest BCUT2D eigenvalue weighted by Gasteiger charge is 2.16. The molecule has 0 aromatic heterocycles. The van der Waals surface area contributed by atoms with Gasteiger partial charge < -0.3 is 10.1 Å². The zero-order valence-corrected chi connectivity index (χ0v) is 12.7. The van der Waals surface area contributed by atoms with Gasteiger partial charge in [0.15, 0.2) is 0 Å². The summed E-state index contributed by atoms with van der Waals surface area (Å²) < 4.78 is 5.17. The Labute approximate surface area is 132 Å². The number of anilines is 2. The van der Waals surface area contributed by atoms with Crippen LogP contribution in [-0.2, 0) is 0 Å². The van der Waals surface area contributed by atoms with Gasteiger partial charge in [-0.3, -0.25) is 10.2 Å². The number of H-pyrrole nitrogens is 2. The molecule has 4 nitrogen and oxygen atoms in total. The van der Waals surface area contributed by atoms with Gasteiger partial charge in [-0.1, -0.05) is 17.7 Å². The average Bonchev–Trinajstić information content (AvgIpc) is 3.07. The third kappa shape index (κ3) is 2.09. The zero-order chi connectivity index (χ0) is 15.1. The van der Waals surface area contributed by atoms with Gasteiger partial charge in [0, 0.05) is 21.7 Å². The van der Waals surface area contributed by atoms with E-state index in [1.165, 1.54) is 0 Å². The Kier molecular flexibility index (Phi) is 2.98. The van der Waals surface area contributed by atoms with Crippen molar-refractivity contribution in [1.29, 1.82) is 0 Å². The largest absolute Gasteiger partial charge is 0.497 e. The van der Waals surface area contributed by atoms with Gasteiger partial charge in [0.05, 0.1) is 12.8 Å². The fraction of sp³-hybridized carbons (Fsp3) is 0.0588. The zero-order valence-electron chi connectivity index (χ0n) is 11.9. The maximum Gasteiger partial charge on any atom is 0.132 e. The molecule has 1 heterocycles. The molecule has 22 heavy (non-hydrogen) atoms. The van der Waals surface area contributed by atoms with Crippen molar-refractivity contribution < 1.29 is 4.74 Å². The van der Waals surface area contributed by atoms with Crippen LogP contribution in [0.3, 0.4) is 0 Å². The standard InChI is InChI=1S/C17H14ClN3O/c1-22-13-5-3-12(4-6-13)19-17-15-9-10-8-11(18)2-7-14(10)16(15)20-21-17/h2-9,19-21H,1H3. The molecule has 0 amide bonds. The number of hydrogen-bond acceptors (Lipinski definition) is 2. The molecule has 1 aliphatic heterocycles. The van der Waals surface area contributed by atoms with Crippen LogP contribution >= 0.6 is 11.6 Å². The lowest BCUT2D eigenvalue weighted by atomic mass is 10.2. The number of halogens is 1. The Morgan fingerprint density at radius 3 is 2.59 bits per heavy atom. The van der Waals surface area contributed by atoms with Gasteiger partial charge in [-0.2, -0.15) is 0 Å². The van der Waals surface area contributed by atoms with E-state index in [2.05, 4.69) is 21.6 Å². The number of ether oxygens (including phenoxy) is 1. The first-order chi connectivity index (χ1) is 10.7. The third-order valence-electron chi connectivity index (χ3n) is 3.79. The second-order valence-corrected chi connectivity index (χ2v) is 5.58. The van der Waals surface area contributed by atoms with Crippen LogP contribution in [-0.4, -0.2) is 17.3 Å². The molecule has 0 fully saturated rings. The molecule has 110 valence electrons. The van der Waals surface area contributed by atoms with E-state index in [0.29, 0.717) is 0 Å². The van der Waals surface area contributed by atoms with E-state index in [1.54, 1.807) is 7.11 Å². The number of aromatic nitrogens is 2. The fourth-order valence-corrected chi connectivity index (χ4v) is 2.88. The highest BCUT2D eigenvalue weighted by Crippen LogP contribution is 2.39. The molecule has 2 aromatic carbocycles. The molecule has 0 spiro atoms. The molecule has 0 unspecified atom stereocenters. The van der Waals surface area contributed by atoms with E-state index in [1.807, 2.05) is 42.5 Å². The van der Waals surface area contributed by atoms with Crippen LogP contribution < -0.4 is 10.1 Å². The lowest BCUT2D eigenvalue weighted by Gasteiger charge is -2.05. The normalized spacial score (nSPS) is 11.2. The van der Waals surface area contributed by atoms with Crippen LogP contribution in [0.15, 0.2) is 48.5 Å². The van der Waals surface area contributed by atoms with Crippen LogP contribution in [0.2, 0.25) is 5.02 Å². The minimum Gasteiger partial charge on any atom is -0.497 e. The number of benzene rings is 2. The highest BCUT2D eigenvalue weighted by molar-refractivity contribution is 6.31. The Bertz CT molecular complexity index is 908. The SMILES string of the molecule is COc1ccc(Nc2[nH][nH]c3c4ccc(Cl)cc4cc2-3)cc1. The summed E-state index contributed by atoms with van der Waals surface area (Å²) >= 11 is 6.07. The van der Waals surface area contributed by atoms with Crippen molar-refractivity contribution in [3.8, 4) is 17.0 Å². The summed E-state index contributed by atoms with van der Waals surface area (Å²) in [6, 6.07) is 15.8. The first-order valence-corrected chi connectivity index (χ1v) is 7.32. The number of nitrogens with one attached hydrogen (secondary N) is 3. The molecule has 0 saturated heterocycles. The van der Waals surface area contributed by atoms with Crippen molar-refractivity contribution in [3.63, 3.8) is 0 Å². The fourth-order valence-electron chi connectivity index (χ4n) is 2.69. The summed E-state index contributed by atoms with van der Waals surface area (Å²) in [6.07, 6.45) is 0. The van der Waals surface area contributed by atoms with E-state index >= 15 is 0 Å². The van der Waals surface area contributed by atoms with Crippen LogP contribution in [0.25, 0.3) is 22.0 Å². The minimum absolute atomic E-state index is 0.744. The maximum absolute atomic E-state index is 6.07. The average molecular weight is 312 g/mol. The molecule has 0 bridgehead atoms. The number of aromatic amines is 2. The van der Waals surface area contributed by atoms with Gasteiger partial charge in [0.25, 0.3) is 0 Å². The Balaban J connectivity index is 1.72. The molecule has 3 N–H and O–H groups in total. The van der Waals surface area contributed by atoms with Crippen molar-refractivity contribution >= 4 is 33.9 Å². The van der Waals surface area contributed by atoms with Gasteiger partial charge in [-0.25, -0.2) is 0 Å². The van der Waals surface area contributed by atoms with E-state index < -0.39 is 0 Å². The summed E-state index contributed by atoms with van der Waals surface area (Å²) in [7, 11) is 1.66. The lowest BCUT2D eigenvalue weighted by molar-refractivity contribution is 0.415. The van der Waals surface area contributed by atoms with Crippen LogP contribution in [0.5, 0.6) is 5.75 Å². The molecule has 5 heteroatoms. The predicted octanol–water partition coefficient (Wildman–Crippen LogP) is 5.01. The third-order valence-corrected chi connectivity index (χ3v) is 4.03. The lowest BCUT2D eigenvalue weighted by Crippen LogP contribution is -1.91. The van der Waals surface area contributed by atoms with Crippen LogP contribution in [0, 0.1) is 0 Å². The monoisotopic (exact) mass is 311 g/mol. The summed E-state index contributed by atoms with van der Waals surface area (Å²) in [5, 5.41) is 12.8. The number of methoxy groups -OCH3 is 1. The van der Waals surface area contributed by atoms with Gasteiger partial charge in [0.2, 0.25) is 0 Å². The summed E-state index contributed by atoms with van der Waals surface area (Å²) in [6.45, 7) is 0. The minimum atomic E-state index is 0.744. The topological polar surface area (TPSA) is 52.8 Å². The number of rotatable bonds is 3. The Morgan fingerprint density at radius 2 is 1.82 bits per heavy atom. The Hall–Kier alpha value is -2.59. The van der Waals surface area contributed by atoms with Gasteiger partial charge in [0.1, 0.15) is 11.6 Å². The van der Waals surface area contributed by atoms with E-state index in [-0.39, 0.29) is 0 Å². The van der Waals surface area contributed by atoms with Crippen molar-refractivity contribution in [2.24, 2.45) is 0 Å². The van der Waals surface area contributed by atoms with Crippen molar-refractivity contribution in [2.45, 2.75) is 0 Å². The summed E-state index contributed by atoms with van der Waals surface area (Å²) in [5.41, 5.74) is 3.16. The van der Waals surface area contributed by atoms with Crippen molar-refractivity contribution in [2.75, 3.05) is 12.4 Å². The van der Waals surface area contributed by atoms with Crippen molar-refractivity contribution in [1.82, 2.24) is 10.2 Å². The van der Waals surface area contributed by atoms with Gasteiger partial charge in [-0.05, 0) is 47.9 Å². The first kappa shape index (κ1) is 13.1. The van der Waals surface area contributed by atoms with Gasteiger partial charge in [-0.15, -0.1) is 0 Å². The highest BCUT2D eigenvalue weighted by atomic mass is 35.5. The van der Waals surface area contributed by atoms with E-state index in [9.17, 15) is 0 Å². The molecule has 0 radical (unpaired) electrons.